The monoisotopic (exact) mass is 524 g/mol. The number of esters is 1. The van der Waals surface area contributed by atoms with Gasteiger partial charge in [-0.1, -0.05) is 18.9 Å². The zero-order chi connectivity index (χ0) is 27.2. The van der Waals surface area contributed by atoms with Crippen molar-refractivity contribution in [2.75, 3.05) is 6.61 Å². The molecule has 3 aliphatic heterocycles. The molecule has 0 aromatic heterocycles. The number of aliphatic hydroxyl groups excluding tert-OH is 1. The summed E-state index contributed by atoms with van der Waals surface area (Å²) in [7, 11) is 0. The molecule has 0 aromatic rings. The van der Waals surface area contributed by atoms with Crippen LogP contribution < -0.4 is 5.73 Å². The van der Waals surface area contributed by atoms with Gasteiger partial charge in [-0.05, 0) is 40.0 Å². The van der Waals surface area contributed by atoms with Gasteiger partial charge in [-0.15, -0.1) is 0 Å². The molecule has 0 spiro atoms. The number of carboxylic acids is 1. The molecule has 0 aromatic carbocycles. The van der Waals surface area contributed by atoms with Gasteiger partial charge in [0, 0.05) is 12.8 Å². The second-order valence-electron chi connectivity index (χ2n) is 9.71. The number of nitrogens with zero attached hydrogens (tertiary/aromatic N) is 3. The number of aliphatic carboxylic acids is 1. The molecule has 3 rings (SSSR count). The average molecular weight is 525 g/mol. The van der Waals surface area contributed by atoms with Crippen molar-refractivity contribution < 1.29 is 43.5 Å². The molecule has 0 aliphatic carbocycles. The summed E-state index contributed by atoms with van der Waals surface area (Å²) in [6.45, 7) is 4.75. The van der Waals surface area contributed by atoms with Gasteiger partial charge in [-0.3, -0.25) is 14.6 Å². The topological polar surface area (TPSA) is 183 Å². The molecule has 206 valence electrons. The van der Waals surface area contributed by atoms with E-state index in [1.54, 1.807) is 25.8 Å². The number of carboxylic acid groups (broad SMARTS) is 1. The Morgan fingerprint density at radius 1 is 1.24 bits per heavy atom. The fourth-order valence-corrected chi connectivity index (χ4v) is 4.66. The van der Waals surface area contributed by atoms with Crippen LogP contribution in [0.5, 0.6) is 0 Å². The molecule has 1 unspecified atom stereocenters. The second kappa shape index (κ2) is 12.4. The van der Waals surface area contributed by atoms with Gasteiger partial charge >= 0.3 is 18.1 Å². The Morgan fingerprint density at radius 3 is 2.62 bits per heavy atom. The molecule has 0 radical (unpaired) electrons. The van der Waals surface area contributed by atoms with Crippen LogP contribution in [0.25, 0.3) is 0 Å². The molecule has 37 heavy (non-hydrogen) atoms. The van der Waals surface area contributed by atoms with Crippen molar-refractivity contribution >= 4 is 30.3 Å². The molecule has 0 amide bonds. The van der Waals surface area contributed by atoms with Gasteiger partial charge in [0.15, 0.2) is 11.9 Å². The molecule has 13 nitrogen and oxygen atoms in total. The fourth-order valence-electron chi connectivity index (χ4n) is 4.66. The van der Waals surface area contributed by atoms with Crippen molar-refractivity contribution in [1.29, 1.82) is 0 Å². The lowest BCUT2D eigenvalue weighted by Gasteiger charge is -2.39. The Labute approximate surface area is 215 Å². The van der Waals surface area contributed by atoms with Gasteiger partial charge in [0.1, 0.15) is 30.8 Å². The number of hydrogen-bond donors (Lipinski definition) is 3. The van der Waals surface area contributed by atoms with Crippen LogP contribution in [-0.2, 0) is 28.5 Å². The SMILES string of the molecule is CC(C)OC(=O)OC[C@H]1O[C@@](C)(C2CC=C3C(N)=NC=NN32)[C@H](O)[C@@H]1OC(=O)CCCCCCC(=O)O. The van der Waals surface area contributed by atoms with Gasteiger partial charge in [0.05, 0.1) is 17.8 Å². The minimum Gasteiger partial charge on any atom is -0.481 e. The number of fused-ring (bicyclic) bond motifs is 1. The first-order chi connectivity index (χ1) is 17.5. The predicted molar refractivity (Wildman–Crippen MR) is 131 cm³/mol. The number of carbonyl (C=O) groups is 3. The van der Waals surface area contributed by atoms with E-state index in [1.807, 2.05) is 6.08 Å². The average Bonchev–Trinajstić information content (AvgIpc) is 3.36. The first kappa shape index (κ1) is 28.4. The molecule has 3 heterocycles. The molecule has 4 N–H and O–H groups in total. The minimum atomic E-state index is -1.27. The summed E-state index contributed by atoms with van der Waals surface area (Å²) in [5, 5.41) is 26.0. The molecule has 5 atom stereocenters. The van der Waals surface area contributed by atoms with Crippen molar-refractivity contribution in [2.45, 2.75) is 102 Å². The van der Waals surface area contributed by atoms with Crippen molar-refractivity contribution in [3.63, 3.8) is 0 Å². The highest BCUT2D eigenvalue weighted by molar-refractivity contribution is 6.02. The highest BCUT2D eigenvalue weighted by atomic mass is 16.7. The summed E-state index contributed by atoms with van der Waals surface area (Å²) < 4.78 is 22.1. The molecule has 13 heteroatoms. The number of hydrazone groups is 1. The Bertz CT molecular complexity index is 951. The van der Waals surface area contributed by atoms with Gasteiger partial charge in [-0.25, -0.2) is 9.79 Å². The number of unbranched alkanes of at least 4 members (excludes halogenated alkanes) is 3. The van der Waals surface area contributed by atoms with Crippen LogP contribution in [0.2, 0.25) is 0 Å². The summed E-state index contributed by atoms with van der Waals surface area (Å²) >= 11 is 0. The lowest BCUT2D eigenvalue weighted by molar-refractivity contribution is -0.157. The summed E-state index contributed by atoms with van der Waals surface area (Å²) in [6, 6.07) is -0.481. The summed E-state index contributed by atoms with van der Waals surface area (Å²) in [5.74, 6) is -1.10. The maximum Gasteiger partial charge on any atom is 0.508 e. The molecule has 3 aliphatic rings. The first-order valence-electron chi connectivity index (χ1n) is 12.5. The zero-order valence-corrected chi connectivity index (χ0v) is 21.4. The van der Waals surface area contributed by atoms with Crippen LogP contribution >= 0.6 is 0 Å². The van der Waals surface area contributed by atoms with Gasteiger partial charge in [0.2, 0.25) is 0 Å². The molecular formula is C24H36N4O9. The first-order valence-corrected chi connectivity index (χ1v) is 12.5. The normalized spacial score (nSPS) is 28.5. The van der Waals surface area contributed by atoms with Crippen LogP contribution in [0.15, 0.2) is 21.9 Å². The number of ether oxygens (including phenoxy) is 4. The predicted octanol–water partition coefficient (Wildman–Crippen LogP) is 1.68. The Balaban J connectivity index is 1.66. The number of aliphatic hydroxyl groups is 1. The standard InChI is InChI=1S/C24H36N4O9/c1-14(2)35-23(33)34-12-16-20(36-19(31)9-7-5-4-6-8-18(29)30)21(32)24(3,37-16)17-11-10-15-22(25)26-13-27-28(15)17/h10,13-14,16-17,20-21,32H,4-9,11-12H2,1-3H3,(H,29,30)(H2,25,26,27)/t16-,17?,20-,21-,24+/m1/s1. The van der Waals surface area contributed by atoms with E-state index in [0.717, 1.165) is 0 Å². The lowest BCUT2D eigenvalue weighted by Crippen LogP contribution is -2.55. The smallest absolute Gasteiger partial charge is 0.481 e. The van der Waals surface area contributed by atoms with E-state index in [-0.39, 0.29) is 31.4 Å². The molecule has 0 saturated carbocycles. The summed E-state index contributed by atoms with van der Waals surface area (Å²) in [5.41, 5.74) is 5.31. The second-order valence-corrected chi connectivity index (χ2v) is 9.71. The third-order valence-corrected chi connectivity index (χ3v) is 6.53. The molecule has 0 bridgehead atoms. The van der Waals surface area contributed by atoms with Crippen LogP contribution in [0.3, 0.4) is 0 Å². The zero-order valence-electron chi connectivity index (χ0n) is 21.4. The Hall–Kier alpha value is -3.19. The van der Waals surface area contributed by atoms with Crippen LogP contribution in [0.4, 0.5) is 4.79 Å². The van der Waals surface area contributed by atoms with E-state index in [9.17, 15) is 19.5 Å². The highest BCUT2D eigenvalue weighted by Gasteiger charge is 2.60. The van der Waals surface area contributed by atoms with E-state index in [2.05, 4.69) is 10.1 Å². The molecular weight excluding hydrogens is 488 g/mol. The van der Waals surface area contributed by atoms with Crippen molar-refractivity contribution in [2.24, 2.45) is 15.8 Å². The van der Waals surface area contributed by atoms with Gasteiger partial charge in [-0.2, -0.15) is 5.10 Å². The van der Waals surface area contributed by atoms with Crippen molar-refractivity contribution in [1.82, 2.24) is 5.01 Å². The van der Waals surface area contributed by atoms with Crippen LogP contribution in [0, 0.1) is 0 Å². The quantitative estimate of drug-likeness (QED) is 0.249. The number of carbonyl (C=O) groups excluding carboxylic acids is 2. The summed E-state index contributed by atoms with van der Waals surface area (Å²) in [4.78, 5) is 39.2. The minimum absolute atomic E-state index is 0.0891. The van der Waals surface area contributed by atoms with E-state index in [1.165, 1.54) is 6.34 Å². The van der Waals surface area contributed by atoms with E-state index < -0.39 is 48.0 Å². The number of amidine groups is 1. The van der Waals surface area contributed by atoms with E-state index in [4.69, 9.17) is 29.8 Å². The maximum absolute atomic E-state index is 12.6. The third-order valence-electron chi connectivity index (χ3n) is 6.53. The number of rotatable bonds is 12. The Kier molecular flexibility index (Phi) is 9.49. The third kappa shape index (κ3) is 6.98. The number of nitrogens with two attached hydrogens (primary N) is 1. The Morgan fingerprint density at radius 2 is 1.95 bits per heavy atom. The maximum atomic E-state index is 12.6. The summed E-state index contributed by atoms with van der Waals surface area (Å²) in [6.07, 6.45) is 1.56. The van der Waals surface area contributed by atoms with Crippen LogP contribution in [-0.4, -0.2) is 88.2 Å². The van der Waals surface area contributed by atoms with Gasteiger partial charge < -0.3 is 34.9 Å². The molecule has 1 saturated heterocycles. The fraction of sp³-hybridized carbons (Fsp3) is 0.708. The van der Waals surface area contributed by atoms with Crippen molar-refractivity contribution in [3.05, 3.63) is 11.8 Å². The number of aliphatic imine (C=N–C) groups is 1. The highest BCUT2D eigenvalue weighted by Crippen LogP contribution is 2.43. The van der Waals surface area contributed by atoms with E-state index in [0.29, 0.717) is 37.8 Å². The lowest BCUT2D eigenvalue weighted by atomic mass is 9.87. The van der Waals surface area contributed by atoms with Gasteiger partial charge in [0.25, 0.3) is 0 Å². The van der Waals surface area contributed by atoms with Crippen molar-refractivity contribution in [3.8, 4) is 0 Å². The van der Waals surface area contributed by atoms with Crippen LogP contribution in [0.1, 0.15) is 65.7 Å². The molecule has 1 fully saturated rings. The largest absolute Gasteiger partial charge is 0.508 e. The number of hydrogen-bond acceptors (Lipinski definition) is 12. The van der Waals surface area contributed by atoms with E-state index >= 15 is 0 Å².